The molecule has 0 fully saturated rings. The summed E-state index contributed by atoms with van der Waals surface area (Å²) < 4.78 is 4.98. The van der Waals surface area contributed by atoms with E-state index in [2.05, 4.69) is 0 Å². The van der Waals surface area contributed by atoms with Gasteiger partial charge in [-0.1, -0.05) is 6.92 Å². The highest BCUT2D eigenvalue weighted by molar-refractivity contribution is 5.70. The van der Waals surface area contributed by atoms with E-state index in [-0.39, 0.29) is 5.97 Å². The molecule has 1 aliphatic carbocycles. The second-order valence-corrected chi connectivity index (χ2v) is 2.39. The van der Waals surface area contributed by atoms with E-state index in [1.54, 1.807) is 6.92 Å². The van der Waals surface area contributed by atoms with Crippen molar-refractivity contribution in [1.29, 1.82) is 0 Å². The third-order valence-corrected chi connectivity index (χ3v) is 1.53. The maximum Gasteiger partial charge on any atom is 0.310 e. The summed E-state index contributed by atoms with van der Waals surface area (Å²) in [6.45, 7) is 1.80. The first kappa shape index (κ1) is 7.32. The summed E-state index contributed by atoms with van der Waals surface area (Å²) in [6.07, 6.45) is 5.59. The van der Waals surface area contributed by atoms with Gasteiger partial charge in [-0.3, -0.25) is 4.79 Å². The van der Waals surface area contributed by atoms with Gasteiger partial charge in [-0.2, -0.15) is 0 Å². The standard InChI is InChI=1S/C8H12O2/c1-2-8(9)10-7-5-3-4-6-7/h5H,2-4,6H2,1H3. The number of ether oxygens (including phenoxy) is 1. The molecule has 0 aromatic carbocycles. The van der Waals surface area contributed by atoms with Crippen molar-refractivity contribution < 1.29 is 9.53 Å². The van der Waals surface area contributed by atoms with Gasteiger partial charge < -0.3 is 4.74 Å². The molecule has 0 atom stereocenters. The van der Waals surface area contributed by atoms with Crippen molar-refractivity contribution in [3.8, 4) is 0 Å². The fourth-order valence-corrected chi connectivity index (χ4v) is 0.952. The average molecular weight is 140 g/mol. The number of carbonyl (C=O) groups excluding carboxylic acids is 1. The van der Waals surface area contributed by atoms with Crippen LogP contribution < -0.4 is 0 Å². The Labute approximate surface area is 60.9 Å². The summed E-state index contributed by atoms with van der Waals surface area (Å²) in [7, 11) is 0. The van der Waals surface area contributed by atoms with Crippen molar-refractivity contribution in [2.45, 2.75) is 32.6 Å². The zero-order valence-electron chi connectivity index (χ0n) is 6.22. The van der Waals surface area contributed by atoms with E-state index >= 15 is 0 Å². The second-order valence-electron chi connectivity index (χ2n) is 2.39. The summed E-state index contributed by atoms with van der Waals surface area (Å²) in [4.78, 5) is 10.7. The molecule has 56 valence electrons. The first-order chi connectivity index (χ1) is 4.83. The lowest BCUT2D eigenvalue weighted by Gasteiger charge is -2.00. The zero-order valence-corrected chi connectivity index (χ0v) is 6.22. The Hall–Kier alpha value is -0.790. The highest BCUT2D eigenvalue weighted by atomic mass is 16.5. The molecule has 0 bridgehead atoms. The van der Waals surface area contributed by atoms with Crippen LogP contribution in [-0.4, -0.2) is 5.97 Å². The van der Waals surface area contributed by atoms with Gasteiger partial charge in [0.25, 0.3) is 0 Å². The molecule has 0 radical (unpaired) electrons. The predicted octanol–water partition coefficient (Wildman–Crippen LogP) is 2.01. The number of rotatable bonds is 2. The highest BCUT2D eigenvalue weighted by Crippen LogP contribution is 2.18. The van der Waals surface area contributed by atoms with Crippen LogP contribution in [0.2, 0.25) is 0 Å². The van der Waals surface area contributed by atoms with Gasteiger partial charge in [0, 0.05) is 12.8 Å². The summed E-state index contributed by atoms with van der Waals surface area (Å²) in [5.41, 5.74) is 0. The largest absolute Gasteiger partial charge is 0.431 e. The lowest BCUT2D eigenvalue weighted by molar-refractivity contribution is -0.139. The molecule has 0 N–H and O–H groups in total. The van der Waals surface area contributed by atoms with Gasteiger partial charge in [0.15, 0.2) is 0 Å². The monoisotopic (exact) mass is 140 g/mol. The Balaban J connectivity index is 2.30. The van der Waals surface area contributed by atoms with Crippen molar-refractivity contribution in [3.05, 3.63) is 11.8 Å². The number of allylic oxidation sites excluding steroid dienone is 2. The second kappa shape index (κ2) is 3.40. The van der Waals surface area contributed by atoms with Crippen molar-refractivity contribution >= 4 is 5.97 Å². The van der Waals surface area contributed by atoms with Crippen LogP contribution in [0, 0.1) is 0 Å². The summed E-state index contributed by atoms with van der Waals surface area (Å²) >= 11 is 0. The minimum Gasteiger partial charge on any atom is -0.431 e. The van der Waals surface area contributed by atoms with Crippen molar-refractivity contribution in [2.24, 2.45) is 0 Å². The van der Waals surface area contributed by atoms with Crippen LogP contribution in [0.5, 0.6) is 0 Å². The first-order valence-electron chi connectivity index (χ1n) is 3.72. The average Bonchev–Trinajstić information content (AvgIpc) is 2.40. The van der Waals surface area contributed by atoms with Gasteiger partial charge in [0.2, 0.25) is 0 Å². The van der Waals surface area contributed by atoms with Gasteiger partial charge in [0.05, 0.1) is 0 Å². The Kier molecular flexibility index (Phi) is 2.49. The van der Waals surface area contributed by atoms with Gasteiger partial charge in [-0.25, -0.2) is 0 Å². The fraction of sp³-hybridized carbons (Fsp3) is 0.625. The van der Waals surface area contributed by atoms with Crippen molar-refractivity contribution in [2.75, 3.05) is 0 Å². The molecule has 0 unspecified atom stereocenters. The number of hydrogen-bond acceptors (Lipinski definition) is 2. The van der Waals surface area contributed by atoms with Crippen molar-refractivity contribution in [1.82, 2.24) is 0 Å². The maximum atomic E-state index is 10.7. The van der Waals surface area contributed by atoms with E-state index in [0.717, 1.165) is 25.0 Å². The van der Waals surface area contributed by atoms with Crippen LogP contribution in [-0.2, 0) is 9.53 Å². The molecule has 0 spiro atoms. The molecule has 2 nitrogen and oxygen atoms in total. The lowest BCUT2D eigenvalue weighted by Crippen LogP contribution is -2.00. The topological polar surface area (TPSA) is 26.3 Å². The third kappa shape index (κ3) is 1.87. The number of hydrogen-bond donors (Lipinski definition) is 0. The first-order valence-corrected chi connectivity index (χ1v) is 3.72. The molecule has 0 saturated carbocycles. The van der Waals surface area contributed by atoms with Crippen molar-refractivity contribution in [3.63, 3.8) is 0 Å². The predicted molar refractivity (Wildman–Crippen MR) is 38.3 cm³/mol. The van der Waals surface area contributed by atoms with E-state index in [4.69, 9.17) is 4.74 Å². The quantitative estimate of drug-likeness (QED) is 0.548. The molecular formula is C8H12O2. The molecular weight excluding hydrogens is 128 g/mol. The molecule has 0 heterocycles. The van der Waals surface area contributed by atoms with E-state index in [1.807, 2.05) is 6.08 Å². The molecule has 0 aromatic heterocycles. The van der Waals surface area contributed by atoms with Gasteiger partial charge in [-0.15, -0.1) is 0 Å². The van der Waals surface area contributed by atoms with E-state index in [0.29, 0.717) is 6.42 Å². The summed E-state index contributed by atoms with van der Waals surface area (Å²) in [6, 6.07) is 0. The molecule has 10 heavy (non-hydrogen) atoms. The molecule has 1 aliphatic rings. The molecule has 0 aromatic rings. The number of carbonyl (C=O) groups is 1. The molecule has 0 amide bonds. The Bertz CT molecular complexity index is 159. The van der Waals surface area contributed by atoms with E-state index in [1.165, 1.54) is 0 Å². The zero-order chi connectivity index (χ0) is 7.40. The SMILES string of the molecule is CCC(=O)OC1=CCCC1. The maximum absolute atomic E-state index is 10.7. The summed E-state index contributed by atoms with van der Waals surface area (Å²) in [5.74, 6) is 0.750. The molecule has 2 heteroatoms. The van der Waals surface area contributed by atoms with Crippen LogP contribution in [0.15, 0.2) is 11.8 Å². The third-order valence-electron chi connectivity index (χ3n) is 1.53. The summed E-state index contributed by atoms with van der Waals surface area (Å²) in [5, 5.41) is 0. The molecule has 1 rings (SSSR count). The molecule has 0 saturated heterocycles. The van der Waals surface area contributed by atoms with Crippen LogP contribution in [0.4, 0.5) is 0 Å². The normalized spacial score (nSPS) is 16.7. The Morgan fingerprint density at radius 2 is 2.60 bits per heavy atom. The highest BCUT2D eigenvalue weighted by Gasteiger charge is 2.08. The van der Waals surface area contributed by atoms with E-state index in [9.17, 15) is 4.79 Å². The van der Waals surface area contributed by atoms with Gasteiger partial charge in [-0.05, 0) is 18.9 Å². The Morgan fingerprint density at radius 1 is 1.80 bits per heavy atom. The minimum atomic E-state index is -0.117. The van der Waals surface area contributed by atoms with Crippen LogP contribution >= 0.6 is 0 Å². The van der Waals surface area contributed by atoms with Gasteiger partial charge in [0.1, 0.15) is 5.76 Å². The number of esters is 1. The molecule has 0 aliphatic heterocycles. The van der Waals surface area contributed by atoms with Gasteiger partial charge >= 0.3 is 5.97 Å². The van der Waals surface area contributed by atoms with Crippen LogP contribution in [0.3, 0.4) is 0 Å². The lowest BCUT2D eigenvalue weighted by atomic mass is 10.3. The smallest absolute Gasteiger partial charge is 0.310 e. The van der Waals surface area contributed by atoms with E-state index < -0.39 is 0 Å². The Morgan fingerprint density at radius 3 is 3.10 bits per heavy atom. The van der Waals surface area contributed by atoms with Crippen LogP contribution in [0.25, 0.3) is 0 Å². The van der Waals surface area contributed by atoms with Crippen LogP contribution in [0.1, 0.15) is 32.6 Å². The minimum absolute atomic E-state index is 0.117. The fourth-order valence-electron chi connectivity index (χ4n) is 0.952.